The maximum absolute atomic E-state index is 13.3. The molecular formula is C16H18FN3OS. The van der Waals surface area contributed by atoms with E-state index in [1.807, 2.05) is 16.7 Å². The molecule has 2 fully saturated rings. The van der Waals surface area contributed by atoms with Gasteiger partial charge in [-0.2, -0.15) is 16.9 Å². The fourth-order valence-electron chi connectivity index (χ4n) is 3.93. The largest absolute Gasteiger partial charge is 0.331 e. The van der Waals surface area contributed by atoms with E-state index < -0.39 is 0 Å². The fraction of sp³-hybridized carbons (Fsp3) is 0.500. The lowest BCUT2D eigenvalue weighted by Gasteiger charge is -2.38. The Hall–Kier alpha value is -1.56. The van der Waals surface area contributed by atoms with Crippen LogP contribution in [0.15, 0.2) is 18.2 Å². The summed E-state index contributed by atoms with van der Waals surface area (Å²) < 4.78 is 13.3. The average Bonchev–Trinajstić information content (AvgIpc) is 3.04. The molecule has 0 saturated carbocycles. The van der Waals surface area contributed by atoms with Crippen LogP contribution in [0.4, 0.5) is 4.39 Å². The van der Waals surface area contributed by atoms with Gasteiger partial charge >= 0.3 is 0 Å². The number of aromatic amines is 1. The van der Waals surface area contributed by atoms with Gasteiger partial charge in [-0.1, -0.05) is 0 Å². The second-order valence-electron chi connectivity index (χ2n) is 6.19. The standard InChI is InChI=1S/C16H18FN3OS/c1-22-12-7-10-3-4-11(8-12)20(10)16(21)15-13-5-2-9(17)6-14(13)18-19-15/h2,5-6,10-12H,3-4,7-8H2,1H3,(H,18,19). The lowest BCUT2D eigenvalue weighted by molar-refractivity contribution is 0.0597. The fourth-order valence-corrected chi connectivity index (χ4v) is 4.76. The van der Waals surface area contributed by atoms with E-state index in [1.165, 1.54) is 12.1 Å². The molecule has 4 rings (SSSR count). The molecular weight excluding hydrogens is 301 g/mol. The van der Waals surface area contributed by atoms with E-state index in [0.717, 1.165) is 25.7 Å². The van der Waals surface area contributed by atoms with Gasteiger partial charge in [0.1, 0.15) is 5.82 Å². The average molecular weight is 319 g/mol. The lowest BCUT2D eigenvalue weighted by atomic mass is 10.0. The number of carbonyl (C=O) groups excluding carboxylic acids is 1. The highest BCUT2D eigenvalue weighted by Crippen LogP contribution is 2.40. The third-order valence-electron chi connectivity index (χ3n) is 4.99. The maximum atomic E-state index is 13.3. The van der Waals surface area contributed by atoms with Gasteiger partial charge in [0, 0.05) is 22.7 Å². The van der Waals surface area contributed by atoms with Gasteiger partial charge in [-0.15, -0.1) is 0 Å². The number of rotatable bonds is 2. The van der Waals surface area contributed by atoms with Crippen molar-refractivity contribution in [3.63, 3.8) is 0 Å². The summed E-state index contributed by atoms with van der Waals surface area (Å²) in [5.74, 6) is -0.332. The van der Waals surface area contributed by atoms with Crippen LogP contribution >= 0.6 is 11.8 Å². The first-order valence-electron chi connectivity index (χ1n) is 7.66. The highest BCUT2D eigenvalue weighted by molar-refractivity contribution is 7.99. The van der Waals surface area contributed by atoms with Crippen LogP contribution in [-0.2, 0) is 0 Å². The zero-order valence-electron chi connectivity index (χ0n) is 12.4. The molecule has 22 heavy (non-hydrogen) atoms. The third kappa shape index (κ3) is 2.12. The van der Waals surface area contributed by atoms with E-state index in [2.05, 4.69) is 16.5 Å². The van der Waals surface area contributed by atoms with Crippen molar-refractivity contribution in [1.29, 1.82) is 0 Å². The highest BCUT2D eigenvalue weighted by atomic mass is 32.2. The number of hydrogen-bond donors (Lipinski definition) is 1. The minimum atomic E-state index is -0.323. The van der Waals surface area contributed by atoms with Crippen molar-refractivity contribution < 1.29 is 9.18 Å². The van der Waals surface area contributed by atoms with Gasteiger partial charge < -0.3 is 4.90 Å². The van der Waals surface area contributed by atoms with Crippen LogP contribution in [0.5, 0.6) is 0 Å². The molecule has 2 aliphatic heterocycles. The van der Waals surface area contributed by atoms with E-state index in [1.54, 1.807) is 6.07 Å². The van der Waals surface area contributed by atoms with Crippen molar-refractivity contribution in [3.05, 3.63) is 29.7 Å². The molecule has 116 valence electrons. The van der Waals surface area contributed by atoms with Gasteiger partial charge in [0.15, 0.2) is 5.69 Å². The smallest absolute Gasteiger partial charge is 0.275 e. The number of halogens is 1. The predicted molar refractivity (Wildman–Crippen MR) is 85.6 cm³/mol. The molecule has 2 aliphatic rings. The van der Waals surface area contributed by atoms with Crippen LogP contribution < -0.4 is 0 Å². The molecule has 2 aromatic rings. The Morgan fingerprint density at radius 2 is 2.09 bits per heavy atom. The summed E-state index contributed by atoms with van der Waals surface area (Å²) in [6.45, 7) is 0. The number of nitrogens with zero attached hydrogens (tertiary/aromatic N) is 2. The first kappa shape index (κ1) is 14.1. The van der Waals surface area contributed by atoms with E-state index >= 15 is 0 Å². The van der Waals surface area contributed by atoms with Gasteiger partial charge in [0.05, 0.1) is 5.52 Å². The Bertz CT molecular complexity index is 717. The SMILES string of the molecule is CSC1CC2CCC(C1)N2C(=O)c1n[nH]c2cc(F)ccc12. The second kappa shape index (κ2) is 5.26. The zero-order valence-corrected chi connectivity index (χ0v) is 13.2. The number of nitrogens with one attached hydrogen (secondary N) is 1. The predicted octanol–water partition coefficient (Wildman–Crippen LogP) is 3.20. The van der Waals surface area contributed by atoms with Crippen LogP contribution in [0.3, 0.4) is 0 Å². The molecule has 0 aliphatic carbocycles. The Kier molecular flexibility index (Phi) is 3.36. The molecule has 0 spiro atoms. The quantitative estimate of drug-likeness (QED) is 0.925. The third-order valence-corrected chi connectivity index (χ3v) is 6.04. The van der Waals surface area contributed by atoms with E-state index in [9.17, 15) is 9.18 Å². The molecule has 3 heterocycles. The van der Waals surface area contributed by atoms with Gasteiger partial charge in [-0.05, 0) is 50.1 Å². The van der Waals surface area contributed by atoms with Crippen LogP contribution in [0.25, 0.3) is 10.9 Å². The second-order valence-corrected chi connectivity index (χ2v) is 7.33. The van der Waals surface area contributed by atoms with Crippen molar-refractivity contribution in [2.45, 2.75) is 43.0 Å². The lowest BCUT2D eigenvalue weighted by Crippen LogP contribution is -2.47. The first-order chi connectivity index (χ1) is 10.7. The van der Waals surface area contributed by atoms with Crippen LogP contribution in [-0.4, -0.2) is 44.6 Å². The Labute approximate surface area is 132 Å². The Balaban J connectivity index is 1.67. The number of hydrogen-bond acceptors (Lipinski definition) is 3. The summed E-state index contributed by atoms with van der Waals surface area (Å²) in [6.07, 6.45) is 6.47. The molecule has 1 amide bonds. The van der Waals surface area contributed by atoms with Crippen molar-refractivity contribution in [3.8, 4) is 0 Å². The number of benzene rings is 1. The number of amides is 1. The van der Waals surface area contributed by atoms with Gasteiger partial charge in [-0.3, -0.25) is 9.89 Å². The maximum Gasteiger partial charge on any atom is 0.275 e. The number of fused-ring (bicyclic) bond motifs is 3. The number of aromatic nitrogens is 2. The molecule has 2 unspecified atom stereocenters. The molecule has 0 radical (unpaired) electrons. The van der Waals surface area contributed by atoms with Gasteiger partial charge in [0.25, 0.3) is 5.91 Å². The van der Waals surface area contributed by atoms with Crippen molar-refractivity contribution in [1.82, 2.24) is 15.1 Å². The van der Waals surface area contributed by atoms with Crippen LogP contribution in [0.2, 0.25) is 0 Å². The van der Waals surface area contributed by atoms with E-state index in [-0.39, 0.29) is 11.7 Å². The molecule has 1 N–H and O–H groups in total. The summed E-state index contributed by atoms with van der Waals surface area (Å²) in [5, 5.41) is 8.30. The van der Waals surface area contributed by atoms with E-state index in [4.69, 9.17) is 0 Å². The van der Waals surface area contributed by atoms with Crippen molar-refractivity contribution in [2.24, 2.45) is 0 Å². The van der Waals surface area contributed by atoms with Crippen molar-refractivity contribution >= 4 is 28.6 Å². The number of thioether (sulfide) groups is 1. The zero-order chi connectivity index (χ0) is 15.3. The molecule has 2 bridgehead atoms. The summed E-state index contributed by atoms with van der Waals surface area (Å²) in [4.78, 5) is 15.0. The normalized spacial score (nSPS) is 27.5. The molecule has 6 heteroatoms. The van der Waals surface area contributed by atoms with Crippen LogP contribution in [0.1, 0.15) is 36.2 Å². The Morgan fingerprint density at radius 3 is 2.77 bits per heavy atom. The first-order valence-corrected chi connectivity index (χ1v) is 8.95. The molecule has 1 aromatic carbocycles. The van der Waals surface area contributed by atoms with Gasteiger partial charge in [0.2, 0.25) is 0 Å². The highest BCUT2D eigenvalue weighted by Gasteiger charge is 2.44. The minimum absolute atomic E-state index is 0.00934. The molecule has 2 atom stereocenters. The number of H-pyrrole nitrogens is 1. The summed E-state index contributed by atoms with van der Waals surface area (Å²) in [7, 11) is 0. The van der Waals surface area contributed by atoms with E-state index in [0.29, 0.717) is 33.9 Å². The van der Waals surface area contributed by atoms with Crippen LogP contribution in [0, 0.1) is 5.82 Å². The molecule has 4 nitrogen and oxygen atoms in total. The number of carbonyl (C=O) groups is 1. The Morgan fingerprint density at radius 1 is 1.36 bits per heavy atom. The summed E-state index contributed by atoms with van der Waals surface area (Å²) in [6, 6.07) is 5.06. The molecule has 2 saturated heterocycles. The summed E-state index contributed by atoms with van der Waals surface area (Å²) >= 11 is 1.91. The summed E-state index contributed by atoms with van der Waals surface area (Å²) in [5.41, 5.74) is 1.00. The van der Waals surface area contributed by atoms with Crippen molar-refractivity contribution in [2.75, 3.05) is 6.26 Å². The minimum Gasteiger partial charge on any atom is -0.331 e. The number of piperidine rings is 1. The topological polar surface area (TPSA) is 49.0 Å². The van der Waals surface area contributed by atoms with Gasteiger partial charge in [-0.25, -0.2) is 4.39 Å². The monoisotopic (exact) mass is 319 g/mol. The molecule has 1 aromatic heterocycles.